The highest BCUT2D eigenvalue weighted by atomic mass is 35.5. The fraction of sp³-hybridized carbons (Fsp3) is 0.342. The van der Waals surface area contributed by atoms with Crippen LogP contribution in [0.25, 0.3) is 11.1 Å². The molecule has 0 bridgehead atoms. The van der Waals surface area contributed by atoms with Gasteiger partial charge < -0.3 is 30.2 Å². The summed E-state index contributed by atoms with van der Waals surface area (Å²) in [6.07, 6.45) is 2.51. The maximum absolute atomic E-state index is 15.1. The van der Waals surface area contributed by atoms with E-state index in [0.717, 1.165) is 37.6 Å². The first-order valence-corrected chi connectivity index (χ1v) is 18.0. The van der Waals surface area contributed by atoms with E-state index in [1.54, 1.807) is 42.5 Å². The molecule has 54 heavy (non-hydrogen) atoms. The quantitative estimate of drug-likeness (QED) is 0.144. The second-order valence-corrected chi connectivity index (χ2v) is 13.7. The minimum atomic E-state index is -0.710. The van der Waals surface area contributed by atoms with Gasteiger partial charge in [-0.05, 0) is 56.1 Å². The number of carbonyl (C=O) groups is 4. The highest BCUT2D eigenvalue weighted by Crippen LogP contribution is 2.41. The lowest BCUT2D eigenvalue weighted by Gasteiger charge is -2.31. The molecule has 13 nitrogen and oxygen atoms in total. The number of nitrogens with one attached hydrogen (secondary N) is 3. The van der Waals surface area contributed by atoms with E-state index in [1.165, 1.54) is 27.4 Å². The van der Waals surface area contributed by atoms with Crippen LogP contribution in [0.3, 0.4) is 0 Å². The summed E-state index contributed by atoms with van der Waals surface area (Å²) in [5, 5.41) is 13.4. The number of likely N-dealkylation sites (tertiary alicyclic amines) is 1. The van der Waals surface area contributed by atoms with Crippen LogP contribution in [0.15, 0.2) is 54.6 Å². The molecule has 2 amide bonds. The van der Waals surface area contributed by atoms with Crippen LogP contribution in [0.4, 0.5) is 15.8 Å². The molecule has 2 atom stereocenters. The number of ether oxygens (including phenoxy) is 3. The van der Waals surface area contributed by atoms with Crippen LogP contribution in [0.5, 0.6) is 5.75 Å². The molecule has 1 saturated heterocycles. The molecular weight excluding hydrogens is 742 g/mol. The number of aromatic nitrogens is 2. The van der Waals surface area contributed by atoms with Crippen molar-refractivity contribution in [2.75, 3.05) is 51.6 Å². The Morgan fingerprint density at radius 2 is 1.57 bits per heavy atom. The van der Waals surface area contributed by atoms with Crippen molar-refractivity contribution in [1.29, 1.82) is 0 Å². The average Bonchev–Trinajstić information content (AvgIpc) is 3.85. The van der Waals surface area contributed by atoms with Gasteiger partial charge in [-0.15, -0.1) is 0 Å². The topological polar surface area (TPSA) is 153 Å². The Morgan fingerprint density at radius 3 is 2.22 bits per heavy atom. The highest BCUT2D eigenvalue weighted by molar-refractivity contribution is 6.40. The van der Waals surface area contributed by atoms with E-state index in [0.29, 0.717) is 29.9 Å². The molecule has 0 saturated carbocycles. The van der Waals surface area contributed by atoms with Gasteiger partial charge in [-0.25, -0.2) is 4.39 Å². The lowest BCUT2D eigenvalue weighted by Crippen LogP contribution is -2.32. The zero-order valence-electron chi connectivity index (χ0n) is 29.8. The molecule has 0 radical (unpaired) electrons. The molecule has 16 heteroatoms. The van der Waals surface area contributed by atoms with Crippen molar-refractivity contribution in [2.24, 2.45) is 5.92 Å². The maximum atomic E-state index is 15.1. The van der Waals surface area contributed by atoms with Gasteiger partial charge in [-0.1, -0.05) is 47.5 Å². The normalized spacial score (nSPS) is 16.7. The van der Waals surface area contributed by atoms with Gasteiger partial charge in [0.1, 0.15) is 11.6 Å². The highest BCUT2D eigenvalue weighted by Gasteiger charge is 2.36. The van der Waals surface area contributed by atoms with Crippen LogP contribution in [0.1, 0.15) is 57.4 Å². The van der Waals surface area contributed by atoms with E-state index in [9.17, 15) is 19.2 Å². The number of hydrogen-bond acceptors (Lipinski definition) is 10. The van der Waals surface area contributed by atoms with Crippen LogP contribution >= 0.6 is 23.2 Å². The minimum Gasteiger partial charge on any atom is -0.496 e. The van der Waals surface area contributed by atoms with Gasteiger partial charge in [0, 0.05) is 41.9 Å². The molecule has 2 aliphatic heterocycles. The number of amides is 2. The number of methoxy groups -OCH3 is 3. The second kappa shape index (κ2) is 17.0. The third-order valence-electron chi connectivity index (χ3n) is 9.65. The van der Waals surface area contributed by atoms with Crippen molar-refractivity contribution in [2.45, 2.75) is 38.4 Å². The molecule has 1 unspecified atom stereocenters. The Labute approximate surface area is 321 Å². The van der Waals surface area contributed by atoms with Crippen LogP contribution < -0.4 is 20.7 Å². The Kier molecular flexibility index (Phi) is 12.2. The number of rotatable bonds is 12. The Balaban J connectivity index is 1.17. The van der Waals surface area contributed by atoms with Crippen molar-refractivity contribution in [1.82, 2.24) is 20.0 Å². The number of hydrogen-bond donors (Lipinski definition) is 3. The Hall–Kier alpha value is -5.02. The lowest BCUT2D eigenvalue weighted by atomic mass is 10.0. The number of esters is 2. The molecular formula is C38H39Cl2FN6O7. The second-order valence-electron chi connectivity index (χ2n) is 12.9. The Morgan fingerprint density at radius 1 is 0.889 bits per heavy atom. The van der Waals surface area contributed by atoms with Crippen LogP contribution in [-0.2, 0) is 32.2 Å². The van der Waals surface area contributed by atoms with E-state index in [2.05, 4.69) is 30.7 Å². The molecule has 2 aliphatic rings. The predicted octanol–water partition coefficient (Wildman–Crippen LogP) is 6.10. The van der Waals surface area contributed by atoms with E-state index in [1.807, 2.05) is 4.68 Å². The van der Waals surface area contributed by atoms with Crippen molar-refractivity contribution in [3.05, 3.63) is 93.0 Å². The van der Waals surface area contributed by atoms with Gasteiger partial charge in [-0.2, -0.15) is 5.10 Å². The van der Waals surface area contributed by atoms with Crippen LogP contribution in [0, 0.1) is 11.7 Å². The molecule has 284 valence electrons. The number of aryl methyl sites for hydroxylation is 1. The first kappa shape index (κ1) is 38.7. The molecule has 1 fully saturated rings. The van der Waals surface area contributed by atoms with Gasteiger partial charge in [-0.3, -0.25) is 28.8 Å². The fourth-order valence-electron chi connectivity index (χ4n) is 6.88. The first-order chi connectivity index (χ1) is 26.0. The maximum Gasteiger partial charge on any atom is 0.319 e. The number of carbonyl (C=O) groups excluding carboxylic acids is 4. The zero-order valence-corrected chi connectivity index (χ0v) is 31.4. The summed E-state index contributed by atoms with van der Waals surface area (Å²) in [6.45, 7) is 1.86. The number of fused-ring (bicyclic) bond motifs is 1. The number of benzene rings is 3. The van der Waals surface area contributed by atoms with Crippen molar-refractivity contribution in [3.8, 4) is 16.9 Å². The number of nitrogens with zero attached hydrogens (tertiary/aromatic N) is 3. The minimum absolute atomic E-state index is 0.0246. The van der Waals surface area contributed by atoms with Crippen molar-refractivity contribution >= 4 is 58.3 Å². The largest absolute Gasteiger partial charge is 0.496 e. The first-order valence-electron chi connectivity index (χ1n) is 17.3. The molecule has 3 aromatic carbocycles. The fourth-order valence-corrected chi connectivity index (χ4v) is 7.43. The summed E-state index contributed by atoms with van der Waals surface area (Å²) in [6, 6.07) is 14.4. The summed E-state index contributed by atoms with van der Waals surface area (Å²) in [4.78, 5) is 52.7. The smallest absolute Gasteiger partial charge is 0.319 e. The predicted molar refractivity (Wildman–Crippen MR) is 200 cm³/mol. The van der Waals surface area contributed by atoms with Crippen LogP contribution in [-0.4, -0.2) is 79.4 Å². The lowest BCUT2D eigenvalue weighted by molar-refractivity contribution is -0.145. The molecule has 0 spiro atoms. The number of anilines is 2. The van der Waals surface area contributed by atoms with E-state index < -0.39 is 23.6 Å². The zero-order chi connectivity index (χ0) is 38.5. The summed E-state index contributed by atoms with van der Waals surface area (Å²) in [5.74, 6) is -2.58. The van der Waals surface area contributed by atoms with Gasteiger partial charge in [0.2, 0.25) is 0 Å². The number of halogens is 3. The summed E-state index contributed by atoms with van der Waals surface area (Å²) >= 11 is 13.7. The third kappa shape index (κ3) is 8.21. The van der Waals surface area contributed by atoms with Gasteiger partial charge >= 0.3 is 11.9 Å². The molecule has 4 aromatic rings. The standard InChI is InChI=1S/C38H39Cl2FN6O7/c1-52-32-16-22(15-26(41)25(32)18-42-19-33(48)53-2)36(49)43-27-9-4-7-23(34(27)39)24-8-5-10-28(35(24)40)44-37(50)29-17-31-30(11-6-13-47(31)45-29)46-14-12-21(20-46)38(51)54-3/h4-5,7-10,15-17,21,30,42H,6,11-14,18-20H2,1-3H3,(H,43,49)(H,44,50)/t21-,30?/m1/s1. The van der Waals surface area contributed by atoms with Crippen molar-refractivity contribution < 1.29 is 37.8 Å². The SMILES string of the molecule is COC(=O)CNCc1c(F)cc(C(=O)Nc2cccc(-c3cccc(NC(=O)c4cc5n(n4)CCCC5N4CC[C@@H](C(=O)OC)C4)c3Cl)c2Cl)cc1OC. The van der Waals surface area contributed by atoms with Gasteiger partial charge in [0.15, 0.2) is 5.69 Å². The Bertz CT molecular complexity index is 2090. The average molecular weight is 782 g/mol. The van der Waals surface area contributed by atoms with E-state index in [4.69, 9.17) is 32.7 Å². The van der Waals surface area contributed by atoms with E-state index in [-0.39, 0.29) is 69.3 Å². The van der Waals surface area contributed by atoms with Crippen molar-refractivity contribution in [3.63, 3.8) is 0 Å². The monoisotopic (exact) mass is 780 g/mol. The summed E-state index contributed by atoms with van der Waals surface area (Å²) < 4.78 is 31.9. The summed E-state index contributed by atoms with van der Waals surface area (Å²) in [5.41, 5.74) is 2.80. The van der Waals surface area contributed by atoms with Gasteiger partial charge in [0.25, 0.3) is 11.8 Å². The van der Waals surface area contributed by atoms with Crippen LogP contribution in [0.2, 0.25) is 10.0 Å². The van der Waals surface area contributed by atoms with Gasteiger partial charge in [0.05, 0.1) is 66.9 Å². The van der Waals surface area contributed by atoms with E-state index >= 15 is 4.39 Å². The molecule has 3 N–H and O–H groups in total. The molecule has 3 heterocycles. The molecule has 0 aliphatic carbocycles. The third-order valence-corrected chi connectivity index (χ3v) is 10.5. The molecule has 6 rings (SSSR count). The summed E-state index contributed by atoms with van der Waals surface area (Å²) in [7, 11) is 4.00. The molecule has 1 aromatic heterocycles.